The molecule has 0 saturated carbocycles. The Hall–Kier alpha value is -2.38. The molecule has 1 N–H and O–H groups in total. The predicted octanol–water partition coefficient (Wildman–Crippen LogP) is 0.157. The lowest BCUT2D eigenvalue weighted by molar-refractivity contribution is -0.144. The topological polar surface area (TPSA) is 99.0 Å². The van der Waals surface area contributed by atoms with Gasteiger partial charge in [-0.25, -0.2) is 9.78 Å². The Morgan fingerprint density at radius 2 is 2.14 bits per heavy atom. The van der Waals surface area contributed by atoms with Gasteiger partial charge in [-0.3, -0.25) is 19.1 Å². The molecule has 0 aliphatic carbocycles. The van der Waals surface area contributed by atoms with E-state index in [0.29, 0.717) is 6.61 Å². The summed E-state index contributed by atoms with van der Waals surface area (Å²) in [6.45, 7) is 2.33. The molecule has 8 nitrogen and oxygen atoms in total. The lowest BCUT2D eigenvalue weighted by Gasteiger charge is -2.05. The minimum atomic E-state index is -0.565. The fourth-order valence-electron chi connectivity index (χ4n) is 2.03. The van der Waals surface area contributed by atoms with Crippen LogP contribution < -0.4 is 11.2 Å². The molecule has 2 aromatic rings. The first-order chi connectivity index (χ1) is 10.0. The number of hydrogen-bond donors (Lipinski definition) is 1. The third kappa shape index (κ3) is 3.21. The number of hydrogen-bond acceptors (Lipinski definition) is 5. The molecular formula is C13H18N4O4. The lowest BCUT2D eigenvalue weighted by Crippen LogP contribution is -2.29. The van der Waals surface area contributed by atoms with Crippen molar-refractivity contribution in [2.24, 2.45) is 7.05 Å². The maximum atomic E-state index is 11.8. The van der Waals surface area contributed by atoms with Crippen LogP contribution in [0.4, 0.5) is 0 Å². The minimum Gasteiger partial charge on any atom is -0.464 e. The molecule has 0 bridgehead atoms. The summed E-state index contributed by atoms with van der Waals surface area (Å²) < 4.78 is 7.70. The van der Waals surface area contributed by atoms with E-state index in [1.54, 1.807) is 0 Å². The lowest BCUT2D eigenvalue weighted by atomic mass is 10.3. The summed E-state index contributed by atoms with van der Waals surface area (Å²) in [5, 5.41) is 0. The van der Waals surface area contributed by atoms with E-state index in [0.717, 1.165) is 19.3 Å². The molecule has 0 amide bonds. The summed E-state index contributed by atoms with van der Waals surface area (Å²) in [5.74, 6) is -0.432. The quantitative estimate of drug-likeness (QED) is 0.604. The van der Waals surface area contributed by atoms with Gasteiger partial charge in [0.2, 0.25) is 0 Å². The van der Waals surface area contributed by atoms with Crippen molar-refractivity contribution in [3.63, 3.8) is 0 Å². The van der Waals surface area contributed by atoms with Crippen molar-refractivity contribution in [2.75, 3.05) is 6.61 Å². The predicted molar refractivity (Wildman–Crippen MR) is 76.1 cm³/mol. The zero-order chi connectivity index (χ0) is 15.4. The molecule has 0 unspecified atom stereocenters. The summed E-state index contributed by atoms with van der Waals surface area (Å²) in [5.41, 5.74) is -0.686. The Balaban J connectivity index is 2.17. The van der Waals surface area contributed by atoms with E-state index in [1.807, 2.05) is 0 Å². The van der Waals surface area contributed by atoms with E-state index in [2.05, 4.69) is 16.9 Å². The zero-order valence-electron chi connectivity index (χ0n) is 12.1. The van der Waals surface area contributed by atoms with Crippen molar-refractivity contribution in [2.45, 2.75) is 32.7 Å². The van der Waals surface area contributed by atoms with E-state index in [1.165, 1.54) is 22.5 Å². The third-order valence-corrected chi connectivity index (χ3v) is 3.19. The van der Waals surface area contributed by atoms with Crippen molar-refractivity contribution < 1.29 is 9.53 Å². The molecule has 2 aromatic heterocycles. The summed E-state index contributed by atoms with van der Waals surface area (Å²) >= 11 is 0. The summed E-state index contributed by atoms with van der Waals surface area (Å²) in [7, 11) is 1.50. The SMILES string of the molecule is CCCCCOC(=O)Cn1cnc2c1c(=O)[nH]c(=O)n2C. The van der Waals surface area contributed by atoms with Crippen LogP contribution in [0.25, 0.3) is 11.2 Å². The number of H-pyrrole nitrogens is 1. The van der Waals surface area contributed by atoms with Crippen LogP contribution in [0.5, 0.6) is 0 Å². The standard InChI is InChI=1S/C13H18N4O4/c1-3-4-5-6-21-9(18)7-17-8-14-11-10(17)12(19)15-13(20)16(11)2/h8H,3-7H2,1-2H3,(H,15,19,20). The van der Waals surface area contributed by atoms with Crippen LogP contribution in [0, 0.1) is 0 Å². The highest BCUT2D eigenvalue weighted by molar-refractivity contribution is 5.74. The zero-order valence-corrected chi connectivity index (χ0v) is 12.1. The van der Waals surface area contributed by atoms with Gasteiger partial charge in [-0.1, -0.05) is 19.8 Å². The van der Waals surface area contributed by atoms with Gasteiger partial charge in [-0.2, -0.15) is 0 Å². The summed E-state index contributed by atoms with van der Waals surface area (Å²) in [6.07, 6.45) is 4.23. The Morgan fingerprint density at radius 1 is 1.38 bits per heavy atom. The smallest absolute Gasteiger partial charge is 0.329 e. The summed E-state index contributed by atoms with van der Waals surface area (Å²) in [6, 6.07) is 0. The van der Waals surface area contributed by atoms with Gasteiger partial charge in [0.1, 0.15) is 6.54 Å². The molecule has 0 fully saturated rings. The first kappa shape index (κ1) is 15.0. The monoisotopic (exact) mass is 294 g/mol. The molecule has 8 heteroatoms. The van der Waals surface area contributed by atoms with Crippen molar-refractivity contribution in [1.82, 2.24) is 19.1 Å². The first-order valence-corrected chi connectivity index (χ1v) is 6.84. The molecule has 0 aliphatic rings. The number of aryl methyl sites for hydroxylation is 1. The molecule has 2 heterocycles. The average molecular weight is 294 g/mol. The number of ether oxygens (including phenoxy) is 1. The number of carbonyl (C=O) groups excluding carboxylic acids is 1. The number of aromatic nitrogens is 4. The first-order valence-electron chi connectivity index (χ1n) is 6.84. The number of carbonyl (C=O) groups is 1. The number of nitrogens with zero attached hydrogens (tertiary/aromatic N) is 3. The number of fused-ring (bicyclic) bond motifs is 1. The Morgan fingerprint density at radius 3 is 2.86 bits per heavy atom. The van der Waals surface area contributed by atoms with Crippen molar-refractivity contribution in [3.05, 3.63) is 27.2 Å². The number of nitrogens with one attached hydrogen (secondary N) is 1. The molecule has 114 valence electrons. The third-order valence-electron chi connectivity index (χ3n) is 3.19. The molecule has 0 aliphatic heterocycles. The highest BCUT2D eigenvalue weighted by atomic mass is 16.5. The van der Waals surface area contributed by atoms with Gasteiger partial charge in [0.05, 0.1) is 12.9 Å². The number of rotatable bonds is 6. The number of esters is 1. The van der Waals surface area contributed by atoms with Crippen LogP contribution >= 0.6 is 0 Å². The molecule has 21 heavy (non-hydrogen) atoms. The average Bonchev–Trinajstić information content (AvgIpc) is 2.85. The fraction of sp³-hybridized carbons (Fsp3) is 0.538. The van der Waals surface area contributed by atoms with E-state index in [4.69, 9.17) is 4.74 Å². The van der Waals surface area contributed by atoms with Gasteiger partial charge in [-0.15, -0.1) is 0 Å². The molecule has 0 atom stereocenters. The van der Waals surface area contributed by atoms with E-state index >= 15 is 0 Å². The van der Waals surface area contributed by atoms with Crippen molar-refractivity contribution in [1.29, 1.82) is 0 Å². The van der Waals surface area contributed by atoms with E-state index < -0.39 is 17.2 Å². The maximum absolute atomic E-state index is 11.8. The molecule has 2 rings (SSSR count). The normalized spacial score (nSPS) is 11.0. The van der Waals surface area contributed by atoms with Gasteiger partial charge in [0, 0.05) is 7.05 Å². The molecule has 0 spiro atoms. The van der Waals surface area contributed by atoms with E-state index in [9.17, 15) is 14.4 Å². The van der Waals surface area contributed by atoms with Crippen molar-refractivity contribution in [3.8, 4) is 0 Å². The highest BCUT2D eigenvalue weighted by Gasteiger charge is 2.14. The van der Waals surface area contributed by atoms with E-state index in [-0.39, 0.29) is 17.7 Å². The Labute approximate surface area is 120 Å². The molecule has 0 aromatic carbocycles. The van der Waals surface area contributed by atoms with Gasteiger partial charge < -0.3 is 9.30 Å². The van der Waals surface area contributed by atoms with Crippen LogP contribution in [0.15, 0.2) is 15.9 Å². The van der Waals surface area contributed by atoms with Gasteiger partial charge in [-0.05, 0) is 6.42 Å². The molecule has 0 radical (unpaired) electrons. The summed E-state index contributed by atoms with van der Waals surface area (Å²) in [4.78, 5) is 41.2. The molecular weight excluding hydrogens is 276 g/mol. The van der Waals surface area contributed by atoms with Crippen LogP contribution in [-0.4, -0.2) is 31.7 Å². The van der Waals surface area contributed by atoms with Crippen LogP contribution in [-0.2, 0) is 23.1 Å². The van der Waals surface area contributed by atoms with Crippen molar-refractivity contribution >= 4 is 17.1 Å². The van der Waals surface area contributed by atoms with Gasteiger partial charge in [0.25, 0.3) is 5.56 Å². The number of unbranched alkanes of at least 4 members (excludes halogenated alkanes) is 2. The second-order valence-electron chi connectivity index (χ2n) is 4.79. The fourth-order valence-corrected chi connectivity index (χ4v) is 2.03. The number of aromatic amines is 1. The Kier molecular flexibility index (Phi) is 4.56. The maximum Gasteiger partial charge on any atom is 0.329 e. The van der Waals surface area contributed by atoms with Crippen LogP contribution in [0.3, 0.4) is 0 Å². The largest absolute Gasteiger partial charge is 0.464 e. The van der Waals surface area contributed by atoms with Gasteiger partial charge >= 0.3 is 11.7 Å². The second-order valence-corrected chi connectivity index (χ2v) is 4.79. The second kappa shape index (κ2) is 6.38. The van der Waals surface area contributed by atoms with Gasteiger partial charge in [0.15, 0.2) is 11.2 Å². The van der Waals surface area contributed by atoms with Crippen LogP contribution in [0.1, 0.15) is 26.2 Å². The highest BCUT2D eigenvalue weighted by Crippen LogP contribution is 2.05. The molecule has 0 saturated heterocycles. The minimum absolute atomic E-state index is 0.107. The number of imidazole rings is 1. The van der Waals surface area contributed by atoms with Crippen LogP contribution in [0.2, 0.25) is 0 Å². The Bertz CT molecular complexity index is 756.